The van der Waals surface area contributed by atoms with Crippen LogP contribution in [-0.2, 0) is 16.6 Å². The molecule has 4 N–H and O–H groups in total. The molecule has 0 aromatic heterocycles. The molecule has 4 nitrogen and oxygen atoms in total. The Kier molecular flexibility index (Phi) is 2.89. The SMILES string of the molecule is Cc1cc(S(N)(=O)=O)cc(CN)c1F. The van der Waals surface area contributed by atoms with Crippen molar-refractivity contribution in [3.63, 3.8) is 0 Å². The highest BCUT2D eigenvalue weighted by Gasteiger charge is 2.13. The van der Waals surface area contributed by atoms with Crippen molar-refractivity contribution in [2.75, 3.05) is 0 Å². The maximum absolute atomic E-state index is 13.3. The number of hydrogen-bond donors (Lipinski definition) is 2. The first-order valence-corrected chi connectivity index (χ1v) is 5.42. The predicted octanol–water partition coefficient (Wildman–Crippen LogP) is 0.240. The van der Waals surface area contributed by atoms with Gasteiger partial charge in [-0.3, -0.25) is 0 Å². The number of primary sulfonamides is 1. The third-order valence-corrected chi connectivity index (χ3v) is 2.74. The molecular weight excluding hydrogens is 207 g/mol. The lowest BCUT2D eigenvalue weighted by Crippen LogP contribution is -2.14. The molecule has 1 aromatic rings. The zero-order valence-electron chi connectivity index (χ0n) is 7.62. The number of rotatable bonds is 2. The topological polar surface area (TPSA) is 86.2 Å². The molecule has 0 saturated carbocycles. The zero-order valence-corrected chi connectivity index (χ0v) is 8.44. The fourth-order valence-electron chi connectivity index (χ4n) is 1.12. The summed E-state index contributed by atoms with van der Waals surface area (Å²) in [6.45, 7) is 1.40. The van der Waals surface area contributed by atoms with Crippen LogP contribution >= 0.6 is 0 Å². The van der Waals surface area contributed by atoms with Crippen molar-refractivity contribution in [2.24, 2.45) is 10.9 Å². The van der Waals surface area contributed by atoms with Crippen molar-refractivity contribution in [3.8, 4) is 0 Å². The second kappa shape index (κ2) is 3.64. The van der Waals surface area contributed by atoms with Crippen LogP contribution in [0, 0.1) is 12.7 Å². The normalized spacial score (nSPS) is 11.7. The van der Waals surface area contributed by atoms with E-state index >= 15 is 0 Å². The molecule has 0 bridgehead atoms. The van der Waals surface area contributed by atoms with Crippen LogP contribution in [0.25, 0.3) is 0 Å². The molecule has 78 valence electrons. The molecule has 0 aliphatic carbocycles. The maximum Gasteiger partial charge on any atom is 0.238 e. The van der Waals surface area contributed by atoms with Crippen LogP contribution in [0.3, 0.4) is 0 Å². The highest BCUT2D eigenvalue weighted by molar-refractivity contribution is 7.89. The summed E-state index contributed by atoms with van der Waals surface area (Å²) in [6, 6.07) is 2.33. The second-order valence-corrected chi connectivity index (χ2v) is 4.52. The molecule has 0 fully saturated rings. The van der Waals surface area contributed by atoms with Crippen LogP contribution < -0.4 is 10.9 Å². The van der Waals surface area contributed by atoms with E-state index in [4.69, 9.17) is 10.9 Å². The molecule has 0 saturated heterocycles. The van der Waals surface area contributed by atoms with E-state index in [9.17, 15) is 12.8 Å². The van der Waals surface area contributed by atoms with Crippen LogP contribution in [0.1, 0.15) is 11.1 Å². The summed E-state index contributed by atoms with van der Waals surface area (Å²) in [6.07, 6.45) is 0. The van der Waals surface area contributed by atoms with Crippen molar-refractivity contribution in [3.05, 3.63) is 29.1 Å². The highest BCUT2D eigenvalue weighted by atomic mass is 32.2. The summed E-state index contributed by atoms with van der Waals surface area (Å²) in [7, 11) is -3.80. The van der Waals surface area contributed by atoms with Gasteiger partial charge in [0.05, 0.1) is 4.90 Å². The molecule has 1 rings (SSSR count). The van der Waals surface area contributed by atoms with Gasteiger partial charge in [-0.1, -0.05) is 0 Å². The minimum Gasteiger partial charge on any atom is -0.326 e. The Bertz CT molecular complexity index is 457. The Morgan fingerprint density at radius 3 is 2.43 bits per heavy atom. The largest absolute Gasteiger partial charge is 0.326 e. The fourth-order valence-corrected chi connectivity index (χ4v) is 1.77. The van der Waals surface area contributed by atoms with Crippen LogP contribution in [0.4, 0.5) is 4.39 Å². The highest BCUT2D eigenvalue weighted by Crippen LogP contribution is 2.17. The zero-order chi connectivity index (χ0) is 10.9. The molecule has 0 aliphatic heterocycles. The second-order valence-electron chi connectivity index (χ2n) is 2.96. The summed E-state index contributed by atoms with van der Waals surface area (Å²) in [5, 5.41) is 4.91. The summed E-state index contributed by atoms with van der Waals surface area (Å²) >= 11 is 0. The lowest BCUT2D eigenvalue weighted by atomic mass is 10.1. The van der Waals surface area contributed by atoms with E-state index in [0.717, 1.165) is 6.07 Å². The molecular formula is C8H11FN2O2S. The molecule has 14 heavy (non-hydrogen) atoms. The average Bonchev–Trinajstić information content (AvgIpc) is 2.07. The number of aryl methyl sites for hydroxylation is 1. The minimum absolute atomic E-state index is 0.0595. The van der Waals surface area contributed by atoms with Gasteiger partial charge in [-0.05, 0) is 24.6 Å². The van der Waals surface area contributed by atoms with E-state index in [1.165, 1.54) is 13.0 Å². The van der Waals surface area contributed by atoms with E-state index in [2.05, 4.69) is 0 Å². The van der Waals surface area contributed by atoms with Gasteiger partial charge in [-0.15, -0.1) is 0 Å². The molecule has 0 unspecified atom stereocenters. The quantitative estimate of drug-likeness (QED) is 0.745. The molecule has 1 aromatic carbocycles. The third-order valence-electron chi connectivity index (χ3n) is 1.85. The Morgan fingerprint density at radius 1 is 1.43 bits per heavy atom. The monoisotopic (exact) mass is 218 g/mol. The standard InChI is InChI=1S/C8H11FN2O2S/c1-5-2-7(14(11,12)13)3-6(4-10)8(5)9/h2-3H,4,10H2,1H3,(H2,11,12,13). The third kappa shape index (κ3) is 2.09. The van der Waals surface area contributed by atoms with E-state index in [0.29, 0.717) is 0 Å². The number of halogens is 1. The molecule has 0 radical (unpaired) electrons. The Hall–Kier alpha value is -0.980. The van der Waals surface area contributed by atoms with Crippen molar-refractivity contribution >= 4 is 10.0 Å². The smallest absolute Gasteiger partial charge is 0.238 e. The molecule has 0 spiro atoms. The number of benzene rings is 1. The first kappa shape index (κ1) is 11.1. The Labute approximate surface area is 81.8 Å². The Morgan fingerprint density at radius 2 is 2.00 bits per heavy atom. The first-order valence-electron chi connectivity index (χ1n) is 3.88. The summed E-state index contributed by atoms with van der Waals surface area (Å²) in [5.41, 5.74) is 5.62. The van der Waals surface area contributed by atoms with Crippen LogP contribution in [0.15, 0.2) is 17.0 Å². The van der Waals surface area contributed by atoms with Crippen molar-refractivity contribution < 1.29 is 12.8 Å². The van der Waals surface area contributed by atoms with Gasteiger partial charge in [-0.2, -0.15) is 0 Å². The lowest BCUT2D eigenvalue weighted by molar-refractivity contribution is 0.590. The van der Waals surface area contributed by atoms with Gasteiger partial charge in [0.2, 0.25) is 10.0 Å². The Balaban J connectivity index is 3.46. The van der Waals surface area contributed by atoms with Gasteiger partial charge in [0.15, 0.2) is 0 Å². The van der Waals surface area contributed by atoms with Gasteiger partial charge >= 0.3 is 0 Å². The molecule has 0 aliphatic rings. The van der Waals surface area contributed by atoms with E-state index < -0.39 is 15.8 Å². The minimum atomic E-state index is -3.80. The van der Waals surface area contributed by atoms with Gasteiger partial charge in [-0.25, -0.2) is 17.9 Å². The van der Waals surface area contributed by atoms with Crippen molar-refractivity contribution in [1.82, 2.24) is 0 Å². The summed E-state index contributed by atoms with van der Waals surface area (Å²) in [5.74, 6) is -0.486. The fraction of sp³-hybridized carbons (Fsp3) is 0.250. The van der Waals surface area contributed by atoms with E-state index in [-0.39, 0.29) is 22.6 Å². The molecule has 0 amide bonds. The first-order chi connectivity index (χ1) is 6.36. The maximum atomic E-state index is 13.3. The van der Waals surface area contributed by atoms with E-state index in [1.54, 1.807) is 0 Å². The van der Waals surface area contributed by atoms with Gasteiger partial charge in [0.25, 0.3) is 0 Å². The number of hydrogen-bond acceptors (Lipinski definition) is 3. The van der Waals surface area contributed by atoms with Gasteiger partial charge in [0.1, 0.15) is 5.82 Å². The van der Waals surface area contributed by atoms with Crippen molar-refractivity contribution in [1.29, 1.82) is 0 Å². The van der Waals surface area contributed by atoms with Crippen LogP contribution in [-0.4, -0.2) is 8.42 Å². The van der Waals surface area contributed by atoms with Gasteiger partial charge < -0.3 is 5.73 Å². The predicted molar refractivity (Wildman–Crippen MR) is 50.4 cm³/mol. The molecule has 0 atom stereocenters. The molecule has 6 heteroatoms. The van der Waals surface area contributed by atoms with Crippen molar-refractivity contribution in [2.45, 2.75) is 18.4 Å². The number of nitrogens with two attached hydrogens (primary N) is 2. The number of sulfonamides is 1. The van der Waals surface area contributed by atoms with Crippen LogP contribution in [0.5, 0.6) is 0 Å². The lowest BCUT2D eigenvalue weighted by Gasteiger charge is -2.06. The summed E-state index contributed by atoms with van der Waals surface area (Å²) in [4.78, 5) is -0.114. The average molecular weight is 218 g/mol. The molecule has 0 heterocycles. The summed E-state index contributed by atoms with van der Waals surface area (Å²) < 4.78 is 35.2. The van der Waals surface area contributed by atoms with Crippen LogP contribution in [0.2, 0.25) is 0 Å². The van der Waals surface area contributed by atoms with Gasteiger partial charge in [0, 0.05) is 12.1 Å². The van der Waals surface area contributed by atoms with E-state index in [1.807, 2.05) is 0 Å².